The molecule has 0 fully saturated rings. The minimum absolute atomic E-state index is 0.102. The molecular formula is C16H25O6PS. The van der Waals surface area contributed by atoms with E-state index in [9.17, 15) is 14.5 Å². The van der Waals surface area contributed by atoms with Crippen LogP contribution < -0.4 is 0 Å². The van der Waals surface area contributed by atoms with Crippen molar-refractivity contribution in [2.24, 2.45) is 5.92 Å². The molecule has 0 saturated heterocycles. The highest BCUT2D eigenvalue weighted by atomic mass is 32.2. The van der Waals surface area contributed by atoms with Crippen LogP contribution in [0.3, 0.4) is 0 Å². The first-order valence-corrected chi connectivity index (χ1v) is 10.7. The van der Waals surface area contributed by atoms with Gasteiger partial charge in [0.1, 0.15) is 0 Å². The van der Waals surface area contributed by atoms with Gasteiger partial charge in [-0.3, -0.25) is 4.57 Å². The molecule has 8 heteroatoms. The lowest BCUT2D eigenvalue weighted by molar-refractivity contribution is 0.0409. The molecule has 1 rings (SSSR count). The third kappa shape index (κ3) is 7.81. The third-order valence-electron chi connectivity index (χ3n) is 2.97. The van der Waals surface area contributed by atoms with Crippen molar-refractivity contribution in [1.82, 2.24) is 0 Å². The molecule has 1 atom stereocenters. The Bertz CT molecular complexity index is 515. The van der Waals surface area contributed by atoms with Crippen LogP contribution in [-0.4, -0.2) is 48.8 Å². The van der Waals surface area contributed by atoms with Gasteiger partial charge in [0.15, 0.2) is 0 Å². The Kier molecular flexibility index (Phi) is 10.3. The van der Waals surface area contributed by atoms with Crippen molar-refractivity contribution in [3.8, 4) is 0 Å². The van der Waals surface area contributed by atoms with Gasteiger partial charge in [0, 0.05) is 18.3 Å². The number of aliphatic hydroxyl groups excluding tert-OH is 1. The molecule has 1 unspecified atom stereocenters. The average Bonchev–Trinajstić information content (AvgIpc) is 2.58. The number of rotatable bonds is 12. The van der Waals surface area contributed by atoms with Crippen molar-refractivity contribution in [3.05, 3.63) is 35.9 Å². The lowest BCUT2D eigenvalue weighted by Crippen LogP contribution is -2.19. The van der Waals surface area contributed by atoms with Gasteiger partial charge in [-0.1, -0.05) is 18.2 Å². The first-order chi connectivity index (χ1) is 11.5. The number of benzene rings is 1. The zero-order valence-electron chi connectivity index (χ0n) is 14.1. The SMILES string of the molecule is CCOP(=O)(CSCC(CO)COC(=O)c1ccccc1)OCC. The van der Waals surface area contributed by atoms with Crippen molar-refractivity contribution >= 4 is 25.3 Å². The maximum Gasteiger partial charge on any atom is 0.340 e. The number of carbonyl (C=O) groups excluding carboxylic acids is 1. The molecule has 0 aromatic heterocycles. The van der Waals surface area contributed by atoms with E-state index < -0.39 is 13.6 Å². The fourth-order valence-corrected chi connectivity index (χ4v) is 5.15. The molecule has 0 amide bonds. The summed E-state index contributed by atoms with van der Waals surface area (Å²) in [5, 5.41) is 9.41. The number of ether oxygens (including phenoxy) is 1. The predicted molar refractivity (Wildman–Crippen MR) is 95.5 cm³/mol. The fraction of sp³-hybridized carbons (Fsp3) is 0.562. The van der Waals surface area contributed by atoms with E-state index in [1.165, 1.54) is 11.8 Å². The molecule has 6 nitrogen and oxygen atoms in total. The Labute approximate surface area is 147 Å². The van der Waals surface area contributed by atoms with Crippen LogP contribution >= 0.6 is 19.4 Å². The largest absolute Gasteiger partial charge is 0.462 e. The van der Waals surface area contributed by atoms with E-state index in [0.29, 0.717) is 24.5 Å². The molecule has 0 spiro atoms. The lowest BCUT2D eigenvalue weighted by atomic mass is 10.2. The van der Waals surface area contributed by atoms with E-state index in [4.69, 9.17) is 13.8 Å². The van der Waals surface area contributed by atoms with E-state index in [0.717, 1.165) is 0 Å². The van der Waals surface area contributed by atoms with Crippen LogP contribution in [0.4, 0.5) is 0 Å². The van der Waals surface area contributed by atoms with Gasteiger partial charge in [0.05, 0.1) is 30.9 Å². The molecule has 1 aromatic carbocycles. The van der Waals surface area contributed by atoms with Crippen molar-refractivity contribution in [3.63, 3.8) is 0 Å². The molecule has 136 valence electrons. The fourth-order valence-electron chi connectivity index (χ4n) is 1.84. The smallest absolute Gasteiger partial charge is 0.340 e. The normalized spacial score (nSPS) is 12.8. The molecule has 0 bridgehead atoms. The quantitative estimate of drug-likeness (QED) is 0.442. The number of carbonyl (C=O) groups is 1. The first-order valence-electron chi connectivity index (χ1n) is 7.83. The van der Waals surface area contributed by atoms with E-state index >= 15 is 0 Å². The predicted octanol–water partition coefficient (Wildman–Crippen LogP) is 3.41. The summed E-state index contributed by atoms with van der Waals surface area (Å²) < 4.78 is 27.9. The molecule has 0 radical (unpaired) electrons. The van der Waals surface area contributed by atoms with Crippen LogP contribution in [-0.2, 0) is 18.3 Å². The molecule has 0 heterocycles. The van der Waals surface area contributed by atoms with Crippen LogP contribution in [0, 0.1) is 5.92 Å². The second-order valence-corrected chi connectivity index (χ2v) is 8.47. The Morgan fingerprint density at radius 1 is 1.21 bits per heavy atom. The highest BCUT2D eigenvalue weighted by Crippen LogP contribution is 2.50. The number of hydrogen-bond donors (Lipinski definition) is 1. The maximum absolute atomic E-state index is 12.3. The minimum atomic E-state index is -3.10. The van der Waals surface area contributed by atoms with Crippen molar-refractivity contribution in [2.75, 3.05) is 37.7 Å². The van der Waals surface area contributed by atoms with Gasteiger partial charge < -0.3 is 18.9 Å². The topological polar surface area (TPSA) is 82.1 Å². The minimum Gasteiger partial charge on any atom is -0.462 e. The monoisotopic (exact) mass is 376 g/mol. The number of esters is 1. The second-order valence-electron chi connectivity index (χ2n) is 4.96. The van der Waals surface area contributed by atoms with Crippen molar-refractivity contribution in [2.45, 2.75) is 13.8 Å². The summed E-state index contributed by atoms with van der Waals surface area (Å²) in [7, 11) is -3.10. The molecule has 0 aliphatic rings. The first kappa shape index (κ1) is 21.2. The van der Waals surface area contributed by atoms with Crippen LogP contribution in [0.15, 0.2) is 30.3 Å². The third-order valence-corrected chi connectivity index (χ3v) is 6.98. The summed E-state index contributed by atoms with van der Waals surface area (Å²) in [4.78, 5) is 11.9. The number of hydrogen-bond acceptors (Lipinski definition) is 7. The van der Waals surface area contributed by atoms with Crippen molar-refractivity contribution < 1.29 is 28.3 Å². The van der Waals surface area contributed by atoms with E-state index in [1.54, 1.807) is 38.1 Å². The van der Waals surface area contributed by atoms with Gasteiger partial charge in [-0.2, -0.15) is 0 Å². The summed E-state index contributed by atoms with van der Waals surface area (Å²) in [5.74, 6) is -0.171. The Balaban J connectivity index is 2.39. The standard InChI is InChI=1S/C16H25O6PS/c1-3-21-23(19,22-4-2)13-24-12-14(10-17)11-20-16(18)15-8-6-5-7-9-15/h5-9,14,17H,3-4,10-13H2,1-2H3. The highest BCUT2D eigenvalue weighted by Gasteiger charge is 2.24. The van der Waals surface area contributed by atoms with E-state index in [1.807, 2.05) is 6.07 Å². The maximum atomic E-state index is 12.3. The summed E-state index contributed by atoms with van der Waals surface area (Å²) in [6.45, 7) is 4.13. The molecule has 24 heavy (non-hydrogen) atoms. The molecular weight excluding hydrogens is 351 g/mol. The van der Waals surface area contributed by atoms with Crippen molar-refractivity contribution in [1.29, 1.82) is 0 Å². The van der Waals surface area contributed by atoms with Gasteiger partial charge in [0.2, 0.25) is 0 Å². The van der Waals surface area contributed by atoms with Crippen LogP contribution in [0.2, 0.25) is 0 Å². The summed E-state index contributed by atoms with van der Waals surface area (Å²) >= 11 is 1.36. The second kappa shape index (κ2) is 11.7. The lowest BCUT2D eigenvalue weighted by Gasteiger charge is -2.18. The molecule has 1 N–H and O–H groups in total. The summed E-state index contributed by atoms with van der Waals surface area (Å²) in [5.41, 5.74) is 0.677. The van der Waals surface area contributed by atoms with Crippen LogP contribution in [0.5, 0.6) is 0 Å². The zero-order valence-corrected chi connectivity index (χ0v) is 15.8. The van der Waals surface area contributed by atoms with Gasteiger partial charge in [-0.05, 0) is 26.0 Å². The Hall–Kier alpha value is -0.850. The molecule has 1 aromatic rings. The zero-order chi connectivity index (χ0) is 17.8. The van der Waals surface area contributed by atoms with Gasteiger partial charge in [-0.15, -0.1) is 11.8 Å². The summed E-state index contributed by atoms with van der Waals surface area (Å²) in [6, 6.07) is 8.68. The van der Waals surface area contributed by atoms with Gasteiger partial charge >= 0.3 is 13.6 Å². The van der Waals surface area contributed by atoms with Crippen LogP contribution in [0.25, 0.3) is 0 Å². The summed E-state index contributed by atoms with van der Waals surface area (Å²) in [6.07, 6.45) is 0. The Morgan fingerprint density at radius 2 is 1.83 bits per heavy atom. The van der Waals surface area contributed by atoms with Gasteiger partial charge in [-0.25, -0.2) is 4.79 Å². The molecule has 0 saturated carbocycles. The highest BCUT2D eigenvalue weighted by molar-refractivity contribution is 8.04. The average molecular weight is 376 g/mol. The molecule has 0 aliphatic carbocycles. The number of aliphatic hydroxyl groups is 1. The number of thioether (sulfide) groups is 1. The Morgan fingerprint density at radius 3 is 2.38 bits per heavy atom. The van der Waals surface area contributed by atoms with Gasteiger partial charge in [0.25, 0.3) is 0 Å². The van der Waals surface area contributed by atoms with E-state index in [2.05, 4.69) is 0 Å². The molecule has 0 aliphatic heterocycles. The van der Waals surface area contributed by atoms with E-state index in [-0.39, 0.29) is 24.6 Å². The van der Waals surface area contributed by atoms with Crippen LogP contribution in [0.1, 0.15) is 24.2 Å².